The molecule has 1 rings (SSSR count). The molecule has 0 unspecified atom stereocenters. The molecular formula is C9H3BrCl2N4. The summed E-state index contributed by atoms with van der Waals surface area (Å²) in [5.74, 6) is 0. The number of nitriles is 2. The number of nitrogens with one attached hydrogen (secondary N) is 1. The van der Waals surface area contributed by atoms with Crippen LogP contribution in [0.4, 0.5) is 5.69 Å². The van der Waals surface area contributed by atoms with Crippen LogP contribution in [-0.2, 0) is 0 Å². The first kappa shape index (κ1) is 12.8. The van der Waals surface area contributed by atoms with Crippen LogP contribution in [0.15, 0.2) is 21.7 Å². The number of benzene rings is 1. The van der Waals surface area contributed by atoms with Crippen molar-refractivity contribution in [1.82, 2.24) is 0 Å². The van der Waals surface area contributed by atoms with Crippen molar-refractivity contribution in [1.29, 1.82) is 10.5 Å². The van der Waals surface area contributed by atoms with Crippen molar-refractivity contribution >= 4 is 50.5 Å². The van der Waals surface area contributed by atoms with E-state index in [1.165, 1.54) is 0 Å². The molecule has 0 aliphatic rings. The number of hydrogen-bond acceptors (Lipinski definition) is 4. The van der Waals surface area contributed by atoms with Crippen LogP contribution in [-0.4, -0.2) is 5.71 Å². The number of nitrogens with zero attached hydrogens (tertiary/aromatic N) is 3. The van der Waals surface area contributed by atoms with Crippen molar-refractivity contribution in [3.8, 4) is 12.1 Å². The van der Waals surface area contributed by atoms with Crippen LogP contribution in [0.5, 0.6) is 0 Å². The molecular weight excluding hydrogens is 315 g/mol. The lowest BCUT2D eigenvalue weighted by Crippen LogP contribution is -1.97. The minimum absolute atomic E-state index is 0.259. The number of anilines is 1. The van der Waals surface area contributed by atoms with Gasteiger partial charge in [0.15, 0.2) is 0 Å². The average molecular weight is 318 g/mol. The Morgan fingerprint density at radius 3 is 2.44 bits per heavy atom. The van der Waals surface area contributed by atoms with E-state index in [4.69, 9.17) is 33.7 Å². The highest BCUT2D eigenvalue weighted by atomic mass is 79.9. The van der Waals surface area contributed by atoms with Crippen LogP contribution < -0.4 is 5.43 Å². The lowest BCUT2D eigenvalue weighted by Gasteiger charge is -2.05. The predicted octanol–water partition coefficient (Wildman–Crippen LogP) is 3.57. The summed E-state index contributed by atoms with van der Waals surface area (Å²) in [6.07, 6.45) is 0. The standard InChI is InChI=1S/C9H3BrCl2N4/c10-6-1-2-7(9(12)8(6)11)16-15-5(3-13)4-14/h1-2,16H. The Labute approximate surface area is 110 Å². The Hall–Kier alpha value is -1.27. The van der Waals surface area contributed by atoms with E-state index in [0.29, 0.717) is 15.2 Å². The highest BCUT2D eigenvalue weighted by Gasteiger charge is 2.07. The smallest absolute Gasteiger partial charge is 0.237 e. The topological polar surface area (TPSA) is 72.0 Å². The Balaban J connectivity index is 3.02. The SMILES string of the molecule is N#CC(C#N)=NNc1ccc(Br)c(Cl)c1Cl. The van der Waals surface area contributed by atoms with Gasteiger partial charge in [-0.3, -0.25) is 5.43 Å². The van der Waals surface area contributed by atoms with E-state index >= 15 is 0 Å². The molecule has 0 atom stereocenters. The van der Waals surface area contributed by atoms with Gasteiger partial charge in [0, 0.05) is 4.47 Å². The molecule has 0 bridgehead atoms. The van der Waals surface area contributed by atoms with Crippen LogP contribution in [0, 0.1) is 22.7 Å². The van der Waals surface area contributed by atoms with Gasteiger partial charge in [0.05, 0.1) is 15.7 Å². The minimum Gasteiger partial charge on any atom is -0.275 e. The molecule has 0 saturated carbocycles. The fourth-order valence-electron chi connectivity index (χ4n) is 0.803. The lowest BCUT2D eigenvalue weighted by molar-refractivity contribution is 1.33. The molecule has 0 radical (unpaired) electrons. The highest BCUT2D eigenvalue weighted by molar-refractivity contribution is 9.10. The number of rotatable bonds is 2. The highest BCUT2D eigenvalue weighted by Crippen LogP contribution is 2.35. The second-order valence-electron chi connectivity index (χ2n) is 2.52. The summed E-state index contributed by atoms with van der Waals surface area (Å²) in [4.78, 5) is 0. The maximum absolute atomic E-state index is 8.46. The molecule has 0 saturated heterocycles. The third kappa shape index (κ3) is 2.86. The molecule has 1 N–H and O–H groups in total. The van der Waals surface area contributed by atoms with Gasteiger partial charge in [-0.05, 0) is 28.1 Å². The van der Waals surface area contributed by atoms with E-state index in [9.17, 15) is 0 Å². The monoisotopic (exact) mass is 316 g/mol. The van der Waals surface area contributed by atoms with E-state index in [-0.39, 0.29) is 10.7 Å². The Morgan fingerprint density at radius 2 is 1.88 bits per heavy atom. The van der Waals surface area contributed by atoms with Gasteiger partial charge >= 0.3 is 0 Å². The summed E-state index contributed by atoms with van der Waals surface area (Å²) in [7, 11) is 0. The van der Waals surface area contributed by atoms with E-state index < -0.39 is 0 Å². The largest absolute Gasteiger partial charge is 0.275 e. The second kappa shape index (κ2) is 5.72. The van der Waals surface area contributed by atoms with E-state index in [1.54, 1.807) is 24.3 Å². The fourth-order valence-corrected chi connectivity index (χ4v) is 1.62. The summed E-state index contributed by atoms with van der Waals surface area (Å²) in [6.45, 7) is 0. The molecule has 1 aromatic carbocycles. The maximum atomic E-state index is 8.46. The Morgan fingerprint density at radius 1 is 1.25 bits per heavy atom. The molecule has 0 amide bonds. The molecule has 0 spiro atoms. The second-order valence-corrected chi connectivity index (χ2v) is 4.13. The minimum atomic E-state index is -0.296. The van der Waals surface area contributed by atoms with Gasteiger partial charge < -0.3 is 0 Å². The zero-order valence-electron chi connectivity index (χ0n) is 7.63. The molecule has 1 aromatic rings. The zero-order chi connectivity index (χ0) is 12.1. The summed E-state index contributed by atoms with van der Waals surface area (Å²) < 4.78 is 0.648. The molecule has 0 heterocycles. The Kier molecular flexibility index (Phi) is 4.57. The third-order valence-corrected chi connectivity index (χ3v) is 3.31. The molecule has 0 aromatic heterocycles. The quantitative estimate of drug-likeness (QED) is 0.515. The van der Waals surface area contributed by atoms with Crippen molar-refractivity contribution in [3.05, 3.63) is 26.7 Å². The zero-order valence-corrected chi connectivity index (χ0v) is 10.7. The van der Waals surface area contributed by atoms with E-state index in [2.05, 4.69) is 26.5 Å². The molecule has 4 nitrogen and oxygen atoms in total. The first-order valence-electron chi connectivity index (χ1n) is 3.87. The molecule has 80 valence electrons. The predicted molar refractivity (Wildman–Crippen MR) is 66.4 cm³/mol. The van der Waals surface area contributed by atoms with Gasteiger partial charge in [-0.1, -0.05) is 23.2 Å². The molecule has 0 fully saturated rings. The van der Waals surface area contributed by atoms with Gasteiger partial charge in [0.1, 0.15) is 12.1 Å². The number of hydrogen-bond donors (Lipinski definition) is 1. The van der Waals surface area contributed by atoms with Crippen molar-refractivity contribution < 1.29 is 0 Å². The molecule has 0 aliphatic carbocycles. The van der Waals surface area contributed by atoms with Gasteiger partial charge in [-0.15, -0.1) is 0 Å². The summed E-state index contributed by atoms with van der Waals surface area (Å²) in [6, 6.07) is 6.51. The Bertz CT molecular complexity index is 512. The van der Waals surface area contributed by atoms with Crippen LogP contribution in [0.1, 0.15) is 0 Å². The van der Waals surface area contributed by atoms with Gasteiger partial charge in [-0.2, -0.15) is 15.6 Å². The third-order valence-electron chi connectivity index (χ3n) is 1.54. The van der Waals surface area contributed by atoms with E-state index in [0.717, 1.165) is 0 Å². The normalized spacial score (nSPS) is 8.81. The van der Waals surface area contributed by atoms with Crippen LogP contribution >= 0.6 is 39.1 Å². The lowest BCUT2D eigenvalue weighted by atomic mass is 10.3. The summed E-state index contributed by atoms with van der Waals surface area (Å²) in [5, 5.41) is 21.1. The first-order chi connectivity index (χ1) is 7.60. The average Bonchev–Trinajstić information content (AvgIpc) is 2.30. The molecule has 7 heteroatoms. The maximum Gasteiger partial charge on any atom is 0.237 e. The number of hydrazone groups is 1. The first-order valence-corrected chi connectivity index (χ1v) is 5.42. The van der Waals surface area contributed by atoms with Crippen LogP contribution in [0.2, 0.25) is 10.0 Å². The van der Waals surface area contributed by atoms with Gasteiger partial charge in [-0.25, -0.2) is 0 Å². The van der Waals surface area contributed by atoms with Gasteiger partial charge in [0.25, 0.3) is 0 Å². The van der Waals surface area contributed by atoms with Gasteiger partial charge in [0.2, 0.25) is 5.71 Å². The summed E-state index contributed by atoms with van der Waals surface area (Å²) in [5.41, 5.74) is 2.61. The van der Waals surface area contributed by atoms with Crippen molar-refractivity contribution in [2.24, 2.45) is 5.10 Å². The summed E-state index contributed by atoms with van der Waals surface area (Å²) >= 11 is 15.0. The van der Waals surface area contributed by atoms with Crippen molar-refractivity contribution in [2.45, 2.75) is 0 Å². The number of halogens is 3. The van der Waals surface area contributed by atoms with Crippen molar-refractivity contribution in [3.63, 3.8) is 0 Å². The fraction of sp³-hybridized carbons (Fsp3) is 0. The molecule has 0 aliphatic heterocycles. The van der Waals surface area contributed by atoms with E-state index in [1.807, 2.05) is 0 Å². The van der Waals surface area contributed by atoms with Crippen molar-refractivity contribution in [2.75, 3.05) is 5.43 Å². The van der Waals surface area contributed by atoms with Crippen LogP contribution in [0.25, 0.3) is 0 Å². The molecule has 16 heavy (non-hydrogen) atoms. The van der Waals surface area contributed by atoms with Crippen LogP contribution in [0.3, 0.4) is 0 Å².